The molecule has 5 rings (SSSR count). The summed E-state index contributed by atoms with van der Waals surface area (Å²) in [4.78, 5) is 9.55. The van der Waals surface area contributed by atoms with E-state index in [4.69, 9.17) is 9.97 Å². The van der Waals surface area contributed by atoms with Gasteiger partial charge in [-0.05, 0) is 72.6 Å². The van der Waals surface area contributed by atoms with Crippen LogP contribution in [-0.2, 0) is 12.8 Å². The van der Waals surface area contributed by atoms with Gasteiger partial charge in [0.05, 0.1) is 5.69 Å². The van der Waals surface area contributed by atoms with Crippen LogP contribution < -0.4 is 0 Å². The van der Waals surface area contributed by atoms with Gasteiger partial charge in [-0.2, -0.15) is 0 Å². The van der Waals surface area contributed by atoms with Gasteiger partial charge in [0.2, 0.25) is 0 Å². The van der Waals surface area contributed by atoms with Crippen LogP contribution in [0.5, 0.6) is 0 Å². The molecule has 0 N–H and O–H groups in total. The van der Waals surface area contributed by atoms with E-state index in [1.165, 1.54) is 28.0 Å². The van der Waals surface area contributed by atoms with Crippen molar-refractivity contribution in [1.29, 1.82) is 0 Å². The summed E-state index contributed by atoms with van der Waals surface area (Å²) in [7, 11) is 0. The standard InChI is InChI=1S/C30H28N2/c1-3-11-23(12-4-1)17-19-25-29(27-15-7-9-21-31-27)26(20-18-24-13-5-2-6-14-24)30(25)28-16-8-10-22-32-28/h1-16,21-22,25,29H,17-20H2/t25-,29-/m1/s1. The van der Waals surface area contributed by atoms with Gasteiger partial charge in [0.15, 0.2) is 0 Å². The maximum atomic E-state index is 4.78. The van der Waals surface area contributed by atoms with Crippen molar-refractivity contribution in [3.8, 4) is 0 Å². The fraction of sp³-hybridized carbons (Fsp3) is 0.200. The minimum Gasteiger partial charge on any atom is -0.261 e. The topological polar surface area (TPSA) is 25.8 Å². The van der Waals surface area contributed by atoms with Gasteiger partial charge in [0, 0.05) is 24.0 Å². The molecule has 32 heavy (non-hydrogen) atoms. The van der Waals surface area contributed by atoms with Gasteiger partial charge in [-0.15, -0.1) is 0 Å². The van der Waals surface area contributed by atoms with E-state index < -0.39 is 0 Å². The van der Waals surface area contributed by atoms with E-state index in [0.717, 1.165) is 31.4 Å². The monoisotopic (exact) mass is 416 g/mol. The molecule has 2 aromatic heterocycles. The highest BCUT2D eigenvalue weighted by atomic mass is 14.7. The van der Waals surface area contributed by atoms with Gasteiger partial charge in [-0.25, -0.2) is 0 Å². The van der Waals surface area contributed by atoms with Crippen LogP contribution in [0.1, 0.15) is 41.3 Å². The summed E-state index contributed by atoms with van der Waals surface area (Å²) in [5, 5.41) is 0. The first kappa shape index (κ1) is 20.4. The van der Waals surface area contributed by atoms with Crippen LogP contribution in [0.2, 0.25) is 0 Å². The fourth-order valence-corrected chi connectivity index (χ4v) is 5.03. The highest BCUT2D eigenvalue weighted by molar-refractivity contribution is 5.77. The molecule has 4 aromatic rings. The largest absolute Gasteiger partial charge is 0.261 e. The Kier molecular flexibility index (Phi) is 6.20. The number of benzene rings is 2. The molecular weight excluding hydrogens is 388 g/mol. The van der Waals surface area contributed by atoms with Gasteiger partial charge in [-0.1, -0.05) is 78.4 Å². The zero-order valence-corrected chi connectivity index (χ0v) is 18.3. The third-order valence-corrected chi connectivity index (χ3v) is 6.55. The van der Waals surface area contributed by atoms with Gasteiger partial charge in [0.25, 0.3) is 0 Å². The van der Waals surface area contributed by atoms with Gasteiger partial charge in [-0.3, -0.25) is 9.97 Å². The van der Waals surface area contributed by atoms with Gasteiger partial charge >= 0.3 is 0 Å². The summed E-state index contributed by atoms with van der Waals surface area (Å²) < 4.78 is 0. The lowest BCUT2D eigenvalue weighted by molar-refractivity contribution is 0.461. The molecule has 0 spiro atoms. The molecule has 0 saturated carbocycles. The van der Waals surface area contributed by atoms with Crippen molar-refractivity contribution in [3.05, 3.63) is 138 Å². The third-order valence-electron chi connectivity index (χ3n) is 6.55. The summed E-state index contributed by atoms with van der Waals surface area (Å²) in [6.07, 6.45) is 8.10. The number of rotatable bonds is 8. The molecule has 0 bridgehead atoms. The fourth-order valence-electron chi connectivity index (χ4n) is 5.03. The lowest BCUT2D eigenvalue weighted by Crippen LogP contribution is -2.30. The van der Waals surface area contributed by atoms with E-state index in [0.29, 0.717) is 11.8 Å². The Morgan fingerprint density at radius 2 is 1.19 bits per heavy atom. The van der Waals surface area contributed by atoms with Crippen LogP contribution in [0, 0.1) is 5.92 Å². The minimum absolute atomic E-state index is 0.362. The van der Waals surface area contributed by atoms with E-state index in [2.05, 4.69) is 84.9 Å². The first-order chi connectivity index (χ1) is 15.9. The molecule has 2 heteroatoms. The smallest absolute Gasteiger partial charge is 0.0664 e. The Hall–Kier alpha value is -3.52. The molecule has 1 aliphatic carbocycles. The van der Waals surface area contributed by atoms with Crippen molar-refractivity contribution in [2.75, 3.05) is 0 Å². The lowest BCUT2D eigenvalue weighted by atomic mass is 9.62. The number of hydrogen-bond acceptors (Lipinski definition) is 2. The summed E-state index contributed by atoms with van der Waals surface area (Å²) >= 11 is 0. The molecule has 0 fully saturated rings. The van der Waals surface area contributed by atoms with Crippen LogP contribution in [0.4, 0.5) is 0 Å². The normalized spacial score (nSPS) is 17.8. The van der Waals surface area contributed by atoms with Gasteiger partial charge < -0.3 is 0 Å². The molecule has 2 atom stereocenters. The summed E-state index contributed by atoms with van der Waals surface area (Å²) in [6, 6.07) is 34.2. The average Bonchev–Trinajstić information content (AvgIpc) is 2.86. The first-order valence-corrected chi connectivity index (χ1v) is 11.5. The highest BCUT2D eigenvalue weighted by Crippen LogP contribution is 2.54. The second kappa shape index (κ2) is 9.74. The molecule has 2 nitrogen and oxygen atoms in total. The van der Waals surface area contributed by atoms with E-state index in [1.807, 2.05) is 24.5 Å². The van der Waals surface area contributed by atoms with Crippen LogP contribution in [-0.4, -0.2) is 9.97 Å². The Morgan fingerprint density at radius 1 is 0.562 bits per heavy atom. The van der Waals surface area contributed by atoms with E-state index in [-0.39, 0.29) is 0 Å². The first-order valence-electron chi connectivity index (χ1n) is 11.5. The maximum Gasteiger partial charge on any atom is 0.0664 e. The Morgan fingerprint density at radius 3 is 1.81 bits per heavy atom. The summed E-state index contributed by atoms with van der Waals surface area (Å²) in [6.45, 7) is 0. The molecule has 2 heterocycles. The number of hydrogen-bond donors (Lipinski definition) is 0. The van der Waals surface area contributed by atoms with Crippen molar-refractivity contribution in [2.45, 2.75) is 31.6 Å². The zero-order valence-electron chi connectivity index (χ0n) is 18.3. The van der Waals surface area contributed by atoms with Crippen LogP contribution in [0.3, 0.4) is 0 Å². The maximum absolute atomic E-state index is 4.78. The Bertz CT molecular complexity index is 1150. The number of pyridine rings is 2. The molecule has 0 aliphatic heterocycles. The predicted molar refractivity (Wildman–Crippen MR) is 131 cm³/mol. The van der Waals surface area contributed by atoms with Crippen molar-refractivity contribution >= 4 is 5.57 Å². The second-order valence-electron chi connectivity index (χ2n) is 8.50. The SMILES string of the molecule is c1ccc(CCC2=C(c3ccccn3)[C@H](CCc3ccccc3)[C@H]2c2ccccn2)cc1. The number of allylic oxidation sites excluding steroid dienone is 2. The van der Waals surface area contributed by atoms with Crippen molar-refractivity contribution in [1.82, 2.24) is 9.97 Å². The third kappa shape index (κ3) is 4.40. The molecule has 0 amide bonds. The van der Waals surface area contributed by atoms with Crippen LogP contribution in [0.25, 0.3) is 5.57 Å². The Balaban J connectivity index is 1.50. The average molecular weight is 417 g/mol. The number of aryl methyl sites for hydroxylation is 2. The second-order valence-corrected chi connectivity index (χ2v) is 8.50. The molecule has 2 aromatic carbocycles. The van der Waals surface area contributed by atoms with Crippen molar-refractivity contribution < 1.29 is 0 Å². The summed E-state index contributed by atoms with van der Waals surface area (Å²) in [5.41, 5.74) is 8.03. The van der Waals surface area contributed by atoms with Gasteiger partial charge in [0.1, 0.15) is 0 Å². The zero-order chi connectivity index (χ0) is 21.6. The molecule has 1 aliphatic rings. The van der Waals surface area contributed by atoms with Crippen LogP contribution in [0.15, 0.2) is 115 Å². The van der Waals surface area contributed by atoms with E-state index in [9.17, 15) is 0 Å². The lowest BCUT2D eigenvalue weighted by Gasteiger charge is -2.42. The molecular formula is C30H28N2. The highest BCUT2D eigenvalue weighted by Gasteiger charge is 2.42. The Labute approximate surface area is 190 Å². The van der Waals surface area contributed by atoms with Crippen molar-refractivity contribution in [3.63, 3.8) is 0 Å². The molecule has 0 radical (unpaired) electrons. The molecule has 158 valence electrons. The quantitative estimate of drug-likeness (QED) is 0.312. The number of nitrogens with zero attached hydrogens (tertiary/aromatic N) is 2. The van der Waals surface area contributed by atoms with E-state index >= 15 is 0 Å². The molecule has 0 unspecified atom stereocenters. The van der Waals surface area contributed by atoms with Crippen molar-refractivity contribution in [2.24, 2.45) is 5.92 Å². The number of aromatic nitrogens is 2. The predicted octanol–water partition coefficient (Wildman–Crippen LogP) is 6.91. The molecule has 0 saturated heterocycles. The van der Waals surface area contributed by atoms with Crippen LogP contribution >= 0.6 is 0 Å². The minimum atomic E-state index is 0.362. The summed E-state index contributed by atoms with van der Waals surface area (Å²) in [5.74, 6) is 0.798. The van der Waals surface area contributed by atoms with E-state index in [1.54, 1.807) is 0 Å².